The van der Waals surface area contributed by atoms with E-state index in [4.69, 9.17) is 12.2 Å². The summed E-state index contributed by atoms with van der Waals surface area (Å²) in [4.78, 5) is 1.92. The average molecular weight is 308 g/mol. The molecule has 0 spiro atoms. The third-order valence-corrected chi connectivity index (χ3v) is 3.55. The zero-order valence-corrected chi connectivity index (χ0v) is 15.2. The van der Waals surface area contributed by atoms with E-state index in [1.54, 1.807) is 0 Å². The first-order valence-electron chi connectivity index (χ1n) is 4.37. The Morgan fingerprint density at radius 3 is 2.56 bits per heavy atom. The second-order valence-electron chi connectivity index (χ2n) is 2.86. The van der Waals surface area contributed by atoms with Crippen LogP contribution in [0.4, 0.5) is 0 Å². The minimum Gasteiger partial charge on any atom is -0.744 e. The molecule has 0 unspecified atom stereocenters. The molecule has 0 rings (SSSR count). The fraction of sp³-hybridized carbons (Fsp3) is 0.625. The van der Waals surface area contributed by atoms with Gasteiger partial charge in [-0.2, -0.15) is 0 Å². The van der Waals surface area contributed by atoms with Crippen LogP contribution in [0.1, 0.15) is 13.3 Å². The summed E-state index contributed by atoms with van der Waals surface area (Å²) in [7, 11) is -2.37. The van der Waals surface area contributed by atoms with Gasteiger partial charge in [0.15, 0.2) is 0 Å². The third-order valence-electron chi connectivity index (χ3n) is 1.44. The van der Waals surface area contributed by atoms with Crippen LogP contribution in [-0.2, 0) is 10.1 Å². The summed E-state index contributed by atoms with van der Waals surface area (Å²) < 4.78 is 31.4. The quantitative estimate of drug-likeness (QED) is 0.347. The molecule has 0 saturated heterocycles. The summed E-state index contributed by atoms with van der Waals surface area (Å²) in [6.07, 6.45) is 2.31. The van der Waals surface area contributed by atoms with Crippen molar-refractivity contribution in [1.29, 1.82) is 0 Å². The van der Waals surface area contributed by atoms with E-state index >= 15 is 0 Å². The van der Waals surface area contributed by atoms with Crippen molar-refractivity contribution < 1.29 is 64.4 Å². The molecule has 0 bridgehead atoms. The molecule has 0 heterocycles. The summed E-state index contributed by atoms with van der Waals surface area (Å²) in [6, 6.07) is 0. The predicted octanol–water partition coefficient (Wildman–Crippen LogP) is -1.59. The number of rotatable bonds is 5. The van der Waals surface area contributed by atoms with Crippen LogP contribution in [-0.4, -0.2) is 41.5 Å². The number of hydrogen-bond donors (Lipinski definition) is 0. The van der Waals surface area contributed by atoms with Gasteiger partial charge in [-0.15, -0.1) is 0 Å². The predicted molar refractivity (Wildman–Crippen MR) is 66.8 cm³/mol. The van der Waals surface area contributed by atoms with Gasteiger partial charge in [-0.1, -0.05) is 37.0 Å². The Morgan fingerprint density at radius 1 is 1.56 bits per heavy atom. The SMILES string of the molecule is CCCN(C)C(=S)SC/C=C\S(=O)(=O)[O-].[K+]. The molecule has 0 fully saturated rings. The zero-order valence-electron chi connectivity index (χ0n) is 9.67. The Hall–Kier alpha value is 1.53. The van der Waals surface area contributed by atoms with Gasteiger partial charge >= 0.3 is 51.4 Å². The van der Waals surface area contributed by atoms with Gasteiger partial charge in [0, 0.05) is 24.8 Å². The summed E-state index contributed by atoms with van der Waals surface area (Å²) >= 11 is 6.41. The van der Waals surface area contributed by atoms with E-state index in [-0.39, 0.29) is 51.4 Å². The van der Waals surface area contributed by atoms with Crippen molar-refractivity contribution in [2.45, 2.75) is 13.3 Å². The largest absolute Gasteiger partial charge is 1.00 e. The van der Waals surface area contributed by atoms with E-state index in [2.05, 4.69) is 0 Å². The minimum absolute atomic E-state index is 0. The molecule has 0 radical (unpaired) electrons. The Balaban J connectivity index is 0. The standard InChI is InChI=1S/C8H15NO3S3.K/c1-3-5-9(2)8(13)14-6-4-7-15(10,11)12;/h4,7H,3,5-6H2,1-2H3,(H,10,11,12);/q;+1/p-1/b7-4-;. The summed E-state index contributed by atoms with van der Waals surface area (Å²) in [5.74, 6) is 0.397. The average Bonchev–Trinajstić information content (AvgIpc) is 2.11. The van der Waals surface area contributed by atoms with Crippen LogP contribution in [0.25, 0.3) is 0 Å². The van der Waals surface area contributed by atoms with Crippen molar-refractivity contribution in [1.82, 2.24) is 4.90 Å². The second kappa shape index (κ2) is 10.4. The second-order valence-corrected chi connectivity index (χ2v) is 5.77. The van der Waals surface area contributed by atoms with Crippen LogP contribution in [0.2, 0.25) is 0 Å². The number of hydrogen-bond acceptors (Lipinski definition) is 5. The zero-order chi connectivity index (χ0) is 11.9. The molecule has 0 aromatic heterocycles. The van der Waals surface area contributed by atoms with Gasteiger partial charge < -0.3 is 9.45 Å². The first-order valence-corrected chi connectivity index (χ1v) is 7.23. The number of thioether (sulfide) groups is 1. The monoisotopic (exact) mass is 307 g/mol. The molecule has 0 aliphatic heterocycles. The van der Waals surface area contributed by atoms with E-state index < -0.39 is 10.1 Å². The van der Waals surface area contributed by atoms with E-state index in [0.29, 0.717) is 15.5 Å². The fourth-order valence-corrected chi connectivity index (χ4v) is 2.21. The summed E-state index contributed by atoms with van der Waals surface area (Å²) in [5.41, 5.74) is 0. The molecule has 88 valence electrons. The van der Waals surface area contributed by atoms with Crippen molar-refractivity contribution in [2.75, 3.05) is 19.3 Å². The van der Waals surface area contributed by atoms with Gasteiger partial charge in [-0.05, 0) is 6.42 Å². The first-order chi connectivity index (χ1) is 6.87. The van der Waals surface area contributed by atoms with Crippen molar-refractivity contribution >= 4 is 38.4 Å². The van der Waals surface area contributed by atoms with E-state index in [9.17, 15) is 13.0 Å². The van der Waals surface area contributed by atoms with Gasteiger partial charge in [0.25, 0.3) is 0 Å². The minimum atomic E-state index is -4.25. The number of thiocarbonyl (C=S) groups is 1. The molecule has 0 amide bonds. The molecule has 0 atom stereocenters. The van der Waals surface area contributed by atoms with E-state index in [1.807, 2.05) is 18.9 Å². The van der Waals surface area contributed by atoms with Crippen LogP contribution >= 0.6 is 24.0 Å². The maximum absolute atomic E-state index is 10.2. The van der Waals surface area contributed by atoms with E-state index in [0.717, 1.165) is 13.0 Å². The van der Waals surface area contributed by atoms with Crippen molar-refractivity contribution in [3.05, 3.63) is 11.5 Å². The first kappa shape index (κ1) is 19.9. The van der Waals surface area contributed by atoms with E-state index in [1.165, 1.54) is 17.8 Å². The summed E-state index contributed by atoms with van der Waals surface area (Å²) in [5, 5.41) is 0.655. The van der Waals surface area contributed by atoms with Gasteiger partial charge in [-0.3, -0.25) is 0 Å². The van der Waals surface area contributed by atoms with Gasteiger partial charge in [0.1, 0.15) is 14.4 Å². The van der Waals surface area contributed by atoms with Crippen molar-refractivity contribution in [3.63, 3.8) is 0 Å². The van der Waals surface area contributed by atoms with Crippen LogP contribution in [0, 0.1) is 0 Å². The Kier molecular flexibility index (Phi) is 13.0. The molecule has 0 N–H and O–H groups in total. The third kappa shape index (κ3) is 12.0. The van der Waals surface area contributed by atoms with Crippen molar-refractivity contribution in [2.24, 2.45) is 0 Å². The van der Waals surface area contributed by atoms with Crippen molar-refractivity contribution in [3.8, 4) is 0 Å². The molecule has 8 heteroatoms. The summed E-state index contributed by atoms with van der Waals surface area (Å²) in [6.45, 7) is 2.92. The van der Waals surface area contributed by atoms with Gasteiger partial charge in [-0.25, -0.2) is 8.42 Å². The molecule has 0 aromatic rings. The van der Waals surface area contributed by atoms with Crippen LogP contribution < -0.4 is 51.4 Å². The maximum atomic E-state index is 10.2. The molecule has 0 aromatic carbocycles. The normalized spacial score (nSPS) is 11.2. The fourth-order valence-electron chi connectivity index (χ4n) is 0.813. The molecule has 16 heavy (non-hydrogen) atoms. The van der Waals surface area contributed by atoms with Crippen LogP contribution in [0.15, 0.2) is 11.5 Å². The Labute approximate surface area is 149 Å². The smallest absolute Gasteiger partial charge is 0.744 e. The van der Waals surface area contributed by atoms with Crippen LogP contribution in [0.5, 0.6) is 0 Å². The molecule has 0 aliphatic rings. The Bertz CT molecular complexity index is 329. The topological polar surface area (TPSA) is 60.4 Å². The Morgan fingerprint density at radius 2 is 2.12 bits per heavy atom. The van der Waals surface area contributed by atoms with Gasteiger partial charge in [0.2, 0.25) is 0 Å². The molecular weight excluding hydrogens is 293 g/mol. The molecular formula is C8H14KNO3S3. The number of nitrogens with zero attached hydrogens (tertiary/aromatic N) is 1. The van der Waals surface area contributed by atoms with Gasteiger partial charge in [0.05, 0.1) is 0 Å². The molecule has 4 nitrogen and oxygen atoms in total. The maximum Gasteiger partial charge on any atom is 1.00 e. The molecule has 0 saturated carbocycles. The molecule has 0 aliphatic carbocycles. The van der Waals surface area contributed by atoms with Crippen LogP contribution in [0.3, 0.4) is 0 Å².